The van der Waals surface area contributed by atoms with Crippen molar-refractivity contribution in [3.8, 4) is 0 Å². The predicted octanol–water partition coefficient (Wildman–Crippen LogP) is 2.19. The molecule has 1 amide bonds. The highest BCUT2D eigenvalue weighted by molar-refractivity contribution is 9.10. The minimum absolute atomic E-state index is 0.180. The number of rotatable bonds is 4. The van der Waals surface area contributed by atoms with Crippen LogP contribution in [0.5, 0.6) is 0 Å². The van der Waals surface area contributed by atoms with Gasteiger partial charge < -0.3 is 10.3 Å². The highest BCUT2D eigenvalue weighted by Crippen LogP contribution is 2.22. The van der Waals surface area contributed by atoms with Crippen LogP contribution in [-0.4, -0.2) is 22.4 Å². The third-order valence-corrected chi connectivity index (χ3v) is 3.19. The second-order valence-electron chi connectivity index (χ2n) is 3.95. The lowest BCUT2D eigenvalue weighted by molar-refractivity contribution is 0.0988. The van der Waals surface area contributed by atoms with Gasteiger partial charge in [0.15, 0.2) is 5.82 Å². The molecular weight excluding hydrogens is 322 g/mol. The number of pyridine rings is 2. The van der Waals surface area contributed by atoms with Gasteiger partial charge in [-0.25, -0.2) is 10.8 Å². The number of amides is 1. The molecule has 0 fully saturated rings. The number of nitrogens with two attached hydrogens (primary N) is 1. The fourth-order valence-electron chi connectivity index (χ4n) is 1.83. The van der Waals surface area contributed by atoms with Crippen LogP contribution in [0.3, 0.4) is 0 Å². The van der Waals surface area contributed by atoms with Crippen LogP contribution in [0, 0.1) is 0 Å². The summed E-state index contributed by atoms with van der Waals surface area (Å²) in [7, 11) is 0. The largest absolute Gasteiger partial charge is 0.308 e. The molecular formula is C13H14BrN5O. The zero-order chi connectivity index (χ0) is 14.5. The first-order valence-electron chi connectivity index (χ1n) is 6.01. The van der Waals surface area contributed by atoms with Gasteiger partial charge in [-0.2, -0.15) is 0 Å². The number of halogens is 1. The SMILES string of the molecule is CCN(C(=O)c1cc(Br)cnc1NN)c1ccncc1. The summed E-state index contributed by atoms with van der Waals surface area (Å²) in [5, 5.41) is 0. The Morgan fingerprint density at radius 2 is 2.15 bits per heavy atom. The van der Waals surface area contributed by atoms with E-state index in [1.807, 2.05) is 6.92 Å². The van der Waals surface area contributed by atoms with Gasteiger partial charge in [0.25, 0.3) is 5.91 Å². The number of aromatic nitrogens is 2. The molecule has 20 heavy (non-hydrogen) atoms. The van der Waals surface area contributed by atoms with E-state index in [-0.39, 0.29) is 5.91 Å². The van der Waals surface area contributed by atoms with E-state index in [2.05, 4.69) is 31.3 Å². The first kappa shape index (κ1) is 14.4. The molecule has 0 spiro atoms. The van der Waals surface area contributed by atoms with E-state index in [1.54, 1.807) is 41.7 Å². The third kappa shape index (κ3) is 2.94. The van der Waals surface area contributed by atoms with Crippen molar-refractivity contribution in [1.82, 2.24) is 9.97 Å². The Morgan fingerprint density at radius 1 is 1.45 bits per heavy atom. The van der Waals surface area contributed by atoms with Gasteiger partial charge in [0.2, 0.25) is 0 Å². The van der Waals surface area contributed by atoms with Crippen molar-refractivity contribution in [3.63, 3.8) is 0 Å². The zero-order valence-corrected chi connectivity index (χ0v) is 12.5. The van der Waals surface area contributed by atoms with Gasteiger partial charge in [-0.15, -0.1) is 0 Å². The average Bonchev–Trinajstić information content (AvgIpc) is 2.49. The molecule has 2 aromatic rings. The number of carbonyl (C=O) groups is 1. The van der Waals surface area contributed by atoms with Gasteiger partial charge in [-0.05, 0) is 41.1 Å². The highest BCUT2D eigenvalue weighted by atomic mass is 79.9. The molecule has 0 aliphatic rings. The third-order valence-electron chi connectivity index (χ3n) is 2.76. The lowest BCUT2D eigenvalue weighted by atomic mass is 10.2. The molecule has 0 unspecified atom stereocenters. The van der Waals surface area contributed by atoms with Gasteiger partial charge in [-0.1, -0.05) is 0 Å². The van der Waals surface area contributed by atoms with Crippen molar-refractivity contribution in [3.05, 3.63) is 46.8 Å². The first-order chi connectivity index (χ1) is 9.67. The van der Waals surface area contributed by atoms with Gasteiger partial charge >= 0.3 is 0 Å². The maximum Gasteiger partial charge on any atom is 0.262 e. The van der Waals surface area contributed by atoms with Crippen LogP contribution in [0.1, 0.15) is 17.3 Å². The van der Waals surface area contributed by atoms with E-state index in [9.17, 15) is 4.79 Å². The molecule has 0 aliphatic carbocycles. The van der Waals surface area contributed by atoms with Gasteiger partial charge in [0.1, 0.15) is 0 Å². The van der Waals surface area contributed by atoms with Crippen LogP contribution >= 0.6 is 15.9 Å². The average molecular weight is 336 g/mol. The molecule has 3 N–H and O–H groups in total. The number of nitrogens with zero attached hydrogens (tertiary/aromatic N) is 3. The molecule has 104 valence electrons. The van der Waals surface area contributed by atoms with Crippen molar-refractivity contribution in [2.75, 3.05) is 16.9 Å². The molecule has 0 aliphatic heterocycles. The van der Waals surface area contributed by atoms with E-state index in [4.69, 9.17) is 5.84 Å². The fraction of sp³-hybridized carbons (Fsp3) is 0.154. The summed E-state index contributed by atoms with van der Waals surface area (Å²) in [4.78, 5) is 22.3. The maximum absolute atomic E-state index is 12.7. The van der Waals surface area contributed by atoms with E-state index < -0.39 is 0 Å². The number of nitrogens with one attached hydrogen (secondary N) is 1. The van der Waals surface area contributed by atoms with Crippen LogP contribution in [-0.2, 0) is 0 Å². The lowest BCUT2D eigenvalue weighted by Crippen LogP contribution is -2.32. The van der Waals surface area contributed by atoms with Crippen molar-refractivity contribution >= 4 is 33.3 Å². The molecule has 0 saturated heterocycles. The Labute approximate surface area is 125 Å². The van der Waals surface area contributed by atoms with Crippen LogP contribution in [0.4, 0.5) is 11.5 Å². The minimum atomic E-state index is -0.180. The Morgan fingerprint density at radius 3 is 2.75 bits per heavy atom. The second kappa shape index (κ2) is 6.44. The summed E-state index contributed by atoms with van der Waals surface area (Å²) in [6.45, 7) is 2.43. The molecule has 0 saturated carbocycles. The Bertz CT molecular complexity index is 605. The molecule has 7 heteroatoms. The highest BCUT2D eigenvalue weighted by Gasteiger charge is 2.20. The van der Waals surface area contributed by atoms with Crippen LogP contribution in [0.2, 0.25) is 0 Å². The van der Waals surface area contributed by atoms with E-state index in [1.165, 1.54) is 0 Å². The molecule has 0 aromatic carbocycles. The first-order valence-corrected chi connectivity index (χ1v) is 6.80. The van der Waals surface area contributed by atoms with Crippen molar-refractivity contribution in [2.45, 2.75) is 6.92 Å². The standard InChI is InChI=1S/C13H14BrN5O/c1-2-19(10-3-5-16-6-4-10)13(20)11-7-9(14)8-17-12(11)18-15/h3-8H,2,15H2,1H3,(H,17,18). The Kier molecular flexibility index (Phi) is 4.65. The minimum Gasteiger partial charge on any atom is -0.308 e. The van der Waals surface area contributed by atoms with Crippen LogP contribution in [0.15, 0.2) is 41.3 Å². The molecule has 6 nitrogen and oxygen atoms in total. The van der Waals surface area contributed by atoms with Crippen molar-refractivity contribution in [2.24, 2.45) is 5.84 Å². The maximum atomic E-state index is 12.7. The number of carbonyl (C=O) groups excluding carboxylic acids is 1. The van der Waals surface area contributed by atoms with Crippen LogP contribution < -0.4 is 16.2 Å². The van der Waals surface area contributed by atoms with Gasteiger partial charge in [0.05, 0.1) is 5.56 Å². The number of hydrogen-bond acceptors (Lipinski definition) is 5. The topological polar surface area (TPSA) is 84.1 Å². The van der Waals surface area contributed by atoms with E-state index in [0.29, 0.717) is 22.4 Å². The normalized spacial score (nSPS) is 10.2. The summed E-state index contributed by atoms with van der Waals surface area (Å²) >= 11 is 3.31. The fourth-order valence-corrected chi connectivity index (χ4v) is 2.16. The molecule has 0 atom stereocenters. The summed E-state index contributed by atoms with van der Waals surface area (Å²) in [5.74, 6) is 5.57. The number of hydrogen-bond donors (Lipinski definition) is 2. The Hall–Kier alpha value is -1.99. The van der Waals surface area contributed by atoms with Crippen molar-refractivity contribution in [1.29, 1.82) is 0 Å². The summed E-state index contributed by atoms with van der Waals surface area (Å²) in [6, 6.07) is 5.25. The Balaban J connectivity index is 2.41. The molecule has 2 rings (SSSR count). The smallest absolute Gasteiger partial charge is 0.262 e. The van der Waals surface area contributed by atoms with Crippen molar-refractivity contribution < 1.29 is 4.79 Å². The molecule has 0 bridgehead atoms. The zero-order valence-electron chi connectivity index (χ0n) is 10.9. The molecule has 0 radical (unpaired) electrons. The summed E-state index contributed by atoms with van der Waals surface area (Å²) < 4.78 is 0.714. The number of hydrazine groups is 1. The van der Waals surface area contributed by atoms with E-state index in [0.717, 1.165) is 5.69 Å². The van der Waals surface area contributed by atoms with Gasteiger partial charge in [0, 0.05) is 35.3 Å². The molecule has 2 aromatic heterocycles. The monoisotopic (exact) mass is 335 g/mol. The van der Waals surface area contributed by atoms with Gasteiger partial charge in [-0.3, -0.25) is 9.78 Å². The quantitative estimate of drug-likeness (QED) is 0.660. The van der Waals surface area contributed by atoms with Crippen LogP contribution in [0.25, 0.3) is 0 Å². The second-order valence-corrected chi connectivity index (χ2v) is 4.86. The molecule has 2 heterocycles. The van der Waals surface area contributed by atoms with E-state index >= 15 is 0 Å². The number of nitrogen functional groups attached to an aromatic ring is 1. The number of anilines is 2. The lowest BCUT2D eigenvalue weighted by Gasteiger charge is -2.21. The summed E-state index contributed by atoms with van der Waals surface area (Å²) in [6.07, 6.45) is 4.87. The predicted molar refractivity (Wildman–Crippen MR) is 81.3 cm³/mol. The summed E-state index contributed by atoms with van der Waals surface area (Å²) in [5.41, 5.74) is 3.62.